The van der Waals surface area contributed by atoms with Crippen LogP contribution in [-0.2, 0) is 9.59 Å². The molecule has 21 heavy (non-hydrogen) atoms. The predicted molar refractivity (Wildman–Crippen MR) is 84.6 cm³/mol. The Bertz CT molecular complexity index is 681. The molecule has 0 saturated heterocycles. The maximum Gasteiger partial charge on any atom is 0.314 e. The highest BCUT2D eigenvalue weighted by Crippen LogP contribution is 2.22. The normalized spacial score (nSPS) is 10.0. The van der Waals surface area contributed by atoms with Gasteiger partial charge in [-0.1, -0.05) is 35.4 Å². The molecule has 0 bridgehead atoms. The van der Waals surface area contributed by atoms with Gasteiger partial charge in [-0.2, -0.15) is 0 Å². The monoisotopic (exact) mass is 302 g/mol. The van der Waals surface area contributed by atoms with E-state index < -0.39 is 11.8 Å². The molecule has 0 atom stereocenters. The lowest BCUT2D eigenvalue weighted by molar-refractivity contribution is -0.133. The van der Waals surface area contributed by atoms with Gasteiger partial charge in [0.05, 0.1) is 0 Å². The van der Waals surface area contributed by atoms with Gasteiger partial charge in [-0.3, -0.25) is 9.59 Å². The van der Waals surface area contributed by atoms with E-state index in [4.69, 9.17) is 11.6 Å². The molecule has 0 heterocycles. The average molecular weight is 303 g/mol. The van der Waals surface area contributed by atoms with E-state index in [1.54, 1.807) is 37.3 Å². The number of rotatable bonds is 2. The summed E-state index contributed by atoms with van der Waals surface area (Å²) in [5, 5.41) is 5.62. The van der Waals surface area contributed by atoms with E-state index in [2.05, 4.69) is 10.6 Å². The zero-order chi connectivity index (χ0) is 15.4. The first-order valence-corrected chi connectivity index (χ1v) is 6.79. The Kier molecular flexibility index (Phi) is 4.60. The second kappa shape index (κ2) is 6.41. The third kappa shape index (κ3) is 3.83. The molecule has 2 aromatic carbocycles. The van der Waals surface area contributed by atoms with Crippen LogP contribution in [0.2, 0.25) is 5.02 Å². The highest BCUT2D eigenvalue weighted by atomic mass is 35.5. The van der Waals surface area contributed by atoms with Gasteiger partial charge in [0.1, 0.15) is 0 Å². The van der Waals surface area contributed by atoms with Gasteiger partial charge >= 0.3 is 11.8 Å². The second-order valence-electron chi connectivity index (χ2n) is 4.69. The molecule has 0 spiro atoms. The van der Waals surface area contributed by atoms with Crippen molar-refractivity contribution in [2.45, 2.75) is 13.8 Å². The third-order valence-corrected chi connectivity index (χ3v) is 3.44. The van der Waals surface area contributed by atoms with Gasteiger partial charge in [-0.25, -0.2) is 0 Å². The molecule has 2 aromatic rings. The van der Waals surface area contributed by atoms with Crippen molar-refractivity contribution >= 4 is 34.8 Å². The van der Waals surface area contributed by atoms with Crippen LogP contribution in [0.25, 0.3) is 0 Å². The van der Waals surface area contributed by atoms with E-state index >= 15 is 0 Å². The van der Waals surface area contributed by atoms with Crippen molar-refractivity contribution in [2.75, 3.05) is 10.6 Å². The lowest BCUT2D eigenvalue weighted by atomic mass is 10.2. The molecule has 0 aromatic heterocycles. The molecular formula is C16H15ClN2O2. The molecule has 0 unspecified atom stereocenters. The fourth-order valence-corrected chi connectivity index (χ4v) is 1.92. The summed E-state index contributed by atoms with van der Waals surface area (Å²) in [5.74, 6) is -1.46. The largest absolute Gasteiger partial charge is 0.318 e. The van der Waals surface area contributed by atoms with Crippen LogP contribution < -0.4 is 10.6 Å². The lowest BCUT2D eigenvalue weighted by Crippen LogP contribution is -2.29. The second-order valence-corrected chi connectivity index (χ2v) is 5.09. The summed E-state index contributed by atoms with van der Waals surface area (Å²) in [6.45, 7) is 3.72. The molecular weight excluding hydrogens is 288 g/mol. The fraction of sp³-hybridized carbons (Fsp3) is 0.125. The fourth-order valence-electron chi connectivity index (χ4n) is 1.75. The van der Waals surface area contributed by atoms with E-state index in [1.807, 2.05) is 19.1 Å². The molecule has 0 aliphatic carbocycles. The first-order chi connectivity index (χ1) is 9.97. The van der Waals surface area contributed by atoms with Gasteiger partial charge < -0.3 is 10.6 Å². The lowest BCUT2D eigenvalue weighted by Gasteiger charge is -2.09. The van der Waals surface area contributed by atoms with E-state index in [9.17, 15) is 9.59 Å². The number of hydrogen-bond donors (Lipinski definition) is 2. The molecule has 4 nitrogen and oxygen atoms in total. The van der Waals surface area contributed by atoms with Crippen molar-refractivity contribution in [1.82, 2.24) is 0 Å². The van der Waals surface area contributed by atoms with E-state index in [-0.39, 0.29) is 0 Å². The molecule has 108 valence electrons. The van der Waals surface area contributed by atoms with Gasteiger partial charge in [-0.15, -0.1) is 0 Å². The molecule has 0 fully saturated rings. The van der Waals surface area contributed by atoms with Crippen LogP contribution in [0.15, 0.2) is 42.5 Å². The molecule has 0 saturated carbocycles. The van der Waals surface area contributed by atoms with Crippen LogP contribution in [-0.4, -0.2) is 11.8 Å². The van der Waals surface area contributed by atoms with E-state index in [0.29, 0.717) is 16.4 Å². The van der Waals surface area contributed by atoms with Crippen molar-refractivity contribution in [3.05, 3.63) is 58.6 Å². The minimum Gasteiger partial charge on any atom is -0.318 e. The Morgan fingerprint density at radius 2 is 1.52 bits per heavy atom. The molecule has 0 aliphatic rings. The molecule has 0 radical (unpaired) electrons. The Labute approximate surface area is 128 Å². The number of nitrogens with one attached hydrogen (secondary N) is 2. The maximum absolute atomic E-state index is 11.9. The Balaban J connectivity index is 2.04. The Morgan fingerprint density at radius 1 is 0.905 bits per heavy atom. The number of aryl methyl sites for hydroxylation is 1. The van der Waals surface area contributed by atoms with E-state index in [0.717, 1.165) is 11.1 Å². The number of carbonyl (C=O) groups excluding carboxylic acids is 2. The highest BCUT2D eigenvalue weighted by molar-refractivity contribution is 6.44. The highest BCUT2D eigenvalue weighted by Gasteiger charge is 2.15. The van der Waals surface area contributed by atoms with Crippen molar-refractivity contribution in [2.24, 2.45) is 0 Å². The maximum atomic E-state index is 11.9. The Hall–Kier alpha value is -2.33. The smallest absolute Gasteiger partial charge is 0.314 e. The zero-order valence-electron chi connectivity index (χ0n) is 11.7. The van der Waals surface area contributed by atoms with Gasteiger partial charge in [0.25, 0.3) is 0 Å². The molecule has 0 aliphatic heterocycles. The van der Waals surface area contributed by atoms with Gasteiger partial charge in [-0.05, 0) is 43.7 Å². The number of anilines is 2. The summed E-state index contributed by atoms with van der Waals surface area (Å²) in [6, 6.07) is 12.3. The van der Waals surface area contributed by atoms with Crippen LogP contribution in [0, 0.1) is 13.8 Å². The quantitative estimate of drug-likeness (QED) is 0.834. The van der Waals surface area contributed by atoms with Crippen LogP contribution in [0.3, 0.4) is 0 Å². The SMILES string of the molecule is Cc1ccc(NC(=O)C(=O)Nc2cccc(Cl)c2C)cc1. The van der Waals surface area contributed by atoms with Crippen molar-refractivity contribution in [3.8, 4) is 0 Å². The molecule has 2 amide bonds. The minimum absolute atomic E-state index is 0.520. The van der Waals surface area contributed by atoms with Gasteiger partial charge in [0.2, 0.25) is 0 Å². The van der Waals surface area contributed by atoms with Gasteiger partial charge in [0, 0.05) is 16.4 Å². The summed E-state index contributed by atoms with van der Waals surface area (Å²) in [7, 11) is 0. The number of halogens is 1. The van der Waals surface area contributed by atoms with Crippen molar-refractivity contribution in [1.29, 1.82) is 0 Å². The first kappa shape index (κ1) is 15.1. The third-order valence-electron chi connectivity index (χ3n) is 3.03. The number of amides is 2. The Morgan fingerprint density at radius 3 is 2.19 bits per heavy atom. The van der Waals surface area contributed by atoms with Gasteiger partial charge in [0.15, 0.2) is 0 Å². The minimum atomic E-state index is -0.735. The summed E-state index contributed by atoms with van der Waals surface area (Å²) in [4.78, 5) is 23.7. The van der Waals surface area contributed by atoms with Crippen LogP contribution >= 0.6 is 11.6 Å². The summed E-state index contributed by atoms with van der Waals surface area (Å²) < 4.78 is 0. The molecule has 5 heteroatoms. The van der Waals surface area contributed by atoms with Crippen molar-refractivity contribution < 1.29 is 9.59 Å². The van der Waals surface area contributed by atoms with E-state index in [1.165, 1.54) is 0 Å². The summed E-state index contributed by atoms with van der Waals surface area (Å²) in [5.41, 5.74) is 2.89. The standard InChI is InChI=1S/C16H15ClN2O2/c1-10-6-8-12(9-7-10)18-15(20)16(21)19-14-5-3-4-13(17)11(14)2/h3-9H,1-2H3,(H,18,20)(H,19,21). The molecule has 2 N–H and O–H groups in total. The van der Waals surface area contributed by atoms with Crippen LogP contribution in [0.5, 0.6) is 0 Å². The summed E-state index contributed by atoms with van der Waals surface area (Å²) >= 11 is 5.97. The van der Waals surface area contributed by atoms with Crippen LogP contribution in [0.1, 0.15) is 11.1 Å². The first-order valence-electron chi connectivity index (χ1n) is 6.41. The van der Waals surface area contributed by atoms with Crippen molar-refractivity contribution in [3.63, 3.8) is 0 Å². The summed E-state index contributed by atoms with van der Waals surface area (Å²) in [6.07, 6.45) is 0. The van der Waals surface area contributed by atoms with Crippen LogP contribution in [0.4, 0.5) is 11.4 Å². The topological polar surface area (TPSA) is 58.2 Å². The zero-order valence-corrected chi connectivity index (χ0v) is 12.5. The predicted octanol–water partition coefficient (Wildman–Crippen LogP) is 3.53. The molecule has 2 rings (SSSR count). The number of carbonyl (C=O) groups is 2. The number of benzene rings is 2. The average Bonchev–Trinajstić information content (AvgIpc) is 2.46. The number of hydrogen-bond acceptors (Lipinski definition) is 2.